The van der Waals surface area contributed by atoms with Gasteiger partial charge < -0.3 is 5.32 Å². The van der Waals surface area contributed by atoms with Crippen molar-refractivity contribution in [2.24, 2.45) is 0 Å². The SMILES string of the molecule is Cc1ccc(C)c([C@H](C)NC(=O)CSCc2ccc(Cl)cc2F)c1. The molecule has 2 aromatic rings. The Hall–Kier alpha value is -1.52. The van der Waals surface area contributed by atoms with Crippen molar-refractivity contribution in [2.75, 3.05) is 5.75 Å². The predicted molar refractivity (Wildman–Crippen MR) is 100 cm³/mol. The fourth-order valence-electron chi connectivity index (χ4n) is 2.48. The Morgan fingerprint density at radius 3 is 2.71 bits per heavy atom. The summed E-state index contributed by atoms with van der Waals surface area (Å²) >= 11 is 7.11. The number of carbonyl (C=O) groups is 1. The van der Waals surface area contributed by atoms with Gasteiger partial charge in [0.2, 0.25) is 5.91 Å². The number of rotatable bonds is 6. The van der Waals surface area contributed by atoms with Crippen molar-refractivity contribution < 1.29 is 9.18 Å². The number of aryl methyl sites for hydroxylation is 2. The standard InChI is InChI=1S/C19H21ClFNOS/c1-12-4-5-13(2)17(8-12)14(3)22-19(23)11-24-10-15-6-7-16(20)9-18(15)21/h4-9,14H,10-11H2,1-3H3,(H,22,23)/t14-/m0/s1. The highest BCUT2D eigenvalue weighted by Crippen LogP contribution is 2.21. The zero-order chi connectivity index (χ0) is 17.7. The molecule has 0 saturated carbocycles. The third kappa shape index (κ3) is 5.25. The molecule has 2 aromatic carbocycles. The van der Waals surface area contributed by atoms with Crippen LogP contribution in [-0.2, 0) is 10.5 Å². The van der Waals surface area contributed by atoms with Crippen LogP contribution < -0.4 is 5.32 Å². The summed E-state index contributed by atoms with van der Waals surface area (Å²) in [6.07, 6.45) is 0. The van der Waals surface area contributed by atoms with E-state index in [1.807, 2.05) is 20.8 Å². The van der Waals surface area contributed by atoms with Gasteiger partial charge in [0.25, 0.3) is 0 Å². The van der Waals surface area contributed by atoms with Crippen LogP contribution in [-0.4, -0.2) is 11.7 Å². The maximum Gasteiger partial charge on any atom is 0.230 e. The van der Waals surface area contributed by atoms with Crippen LogP contribution in [0.3, 0.4) is 0 Å². The van der Waals surface area contributed by atoms with E-state index in [1.165, 1.54) is 23.4 Å². The quantitative estimate of drug-likeness (QED) is 0.761. The molecule has 1 amide bonds. The van der Waals surface area contributed by atoms with Crippen molar-refractivity contribution in [1.29, 1.82) is 0 Å². The summed E-state index contributed by atoms with van der Waals surface area (Å²) in [7, 11) is 0. The third-order valence-electron chi connectivity index (χ3n) is 3.78. The molecule has 0 aliphatic heterocycles. The molecule has 0 heterocycles. The molecule has 0 fully saturated rings. The molecule has 0 bridgehead atoms. The van der Waals surface area contributed by atoms with Crippen LogP contribution in [0.5, 0.6) is 0 Å². The summed E-state index contributed by atoms with van der Waals surface area (Å²) in [5.74, 6) is 0.341. The highest BCUT2D eigenvalue weighted by atomic mass is 35.5. The normalized spacial score (nSPS) is 12.0. The van der Waals surface area contributed by atoms with E-state index in [-0.39, 0.29) is 23.5 Å². The Morgan fingerprint density at radius 2 is 2.00 bits per heavy atom. The minimum Gasteiger partial charge on any atom is -0.349 e. The van der Waals surface area contributed by atoms with Gasteiger partial charge in [0.15, 0.2) is 0 Å². The Kier molecular flexibility index (Phi) is 6.69. The molecule has 0 unspecified atom stereocenters. The third-order valence-corrected chi connectivity index (χ3v) is 5.00. The minimum absolute atomic E-state index is 0.0507. The first-order valence-corrected chi connectivity index (χ1v) is 9.28. The van der Waals surface area contributed by atoms with E-state index in [0.29, 0.717) is 16.3 Å². The van der Waals surface area contributed by atoms with Crippen molar-refractivity contribution in [1.82, 2.24) is 5.32 Å². The lowest BCUT2D eigenvalue weighted by Gasteiger charge is -2.17. The van der Waals surface area contributed by atoms with Crippen molar-refractivity contribution in [2.45, 2.75) is 32.6 Å². The van der Waals surface area contributed by atoms with Gasteiger partial charge in [0.1, 0.15) is 5.82 Å². The highest BCUT2D eigenvalue weighted by molar-refractivity contribution is 7.99. The fourth-order valence-corrected chi connectivity index (χ4v) is 3.46. The van der Waals surface area contributed by atoms with Gasteiger partial charge in [-0.2, -0.15) is 0 Å². The zero-order valence-corrected chi connectivity index (χ0v) is 15.6. The van der Waals surface area contributed by atoms with Crippen LogP contribution in [0.25, 0.3) is 0 Å². The van der Waals surface area contributed by atoms with E-state index in [9.17, 15) is 9.18 Å². The lowest BCUT2D eigenvalue weighted by molar-refractivity contribution is -0.119. The second-order valence-electron chi connectivity index (χ2n) is 5.88. The Balaban J connectivity index is 1.85. The van der Waals surface area contributed by atoms with Gasteiger partial charge in [-0.1, -0.05) is 41.4 Å². The summed E-state index contributed by atoms with van der Waals surface area (Å²) in [5.41, 5.74) is 4.01. The van der Waals surface area contributed by atoms with Crippen molar-refractivity contribution in [3.63, 3.8) is 0 Å². The number of amides is 1. The van der Waals surface area contributed by atoms with Gasteiger partial charge in [0.05, 0.1) is 11.8 Å². The van der Waals surface area contributed by atoms with Crippen LogP contribution in [0, 0.1) is 19.7 Å². The molecule has 0 spiro atoms. The topological polar surface area (TPSA) is 29.1 Å². The van der Waals surface area contributed by atoms with E-state index in [2.05, 4.69) is 23.5 Å². The summed E-state index contributed by atoms with van der Waals surface area (Å²) in [5, 5.41) is 3.38. The molecule has 5 heteroatoms. The van der Waals surface area contributed by atoms with Gasteiger partial charge in [-0.15, -0.1) is 11.8 Å². The number of hydrogen-bond donors (Lipinski definition) is 1. The second-order valence-corrected chi connectivity index (χ2v) is 7.30. The largest absolute Gasteiger partial charge is 0.349 e. The predicted octanol–water partition coefficient (Wildman–Crippen LogP) is 5.21. The first kappa shape index (κ1) is 18.8. The molecular weight excluding hydrogens is 345 g/mol. The Morgan fingerprint density at radius 1 is 1.25 bits per heavy atom. The molecule has 0 aliphatic rings. The first-order valence-electron chi connectivity index (χ1n) is 7.75. The van der Waals surface area contributed by atoms with Gasteiger partial charge in [-0.3, -0.25) is 4.79 Å². The van der Waals surface area contributed by atoms with Crippen LogP contribution >= 0.6 is 23.4 Å². The second kappa shape index (κ2) is 8.54. The molecular formula is C19H21ClFNOS. The maximum atomic E-state index is 13.7. The average Bonchev–Trinajstić information content (AvgIpc) is 2.51. The van der Waals surface area contributed by atoms with E-state index in [1.54, 1.807) is 12.1 Å². The summed E-state index contributed by atoms with van der Waals surface area (Å²) in [6, 6.07) is 10.8. The van der Waals surface area contributed by atoms with Crippen molar-refractivity contribution in [3.8, 4) is 0 Å². The molecule has 24 heavy (non-hydrogen) atoms. The van der Waals surface area contributed by atoms with Crippen molar-refractivity contribution >= 4 is 29.3 Å². The summed E-state index contributed by atoms with van der Waals surface area (Å²) in [4.78, 5) is 12.1. The summed E-state index contributed by atoms with van der Waals surface area (Å²) < 4.78 is 13.7. The van der Waals surface area contributed by atoms with E-state index >= 15 is 0 Å². The van der Waals surface area contributed by atoms with Crippen LogP contribution in [0.2, 0.25) is 5.02 Å². The van der Waals surface area contributed by atoms with E-state index in [0.717, 1.165) is 11.1 Å². The lowest BCUT2D eigenvalue weighted by atomic mass is 10.00. The van der Waals surface area contributed by atoms with Crippen LogP contribution in [0.15, 0.2) is 36.4 Å². The molecule has 128 valence electrons. The molecule has 2 nitrogen and oxygen atoms in total. The average molecular weight is 366 g/mol. The molecule has 2 rings (SSSR count). The molecule has 0 aliphatic carbocycles. The lowest BCUT2D eigenvalue weighted by Crippen LogP contribution is -2.28. The molecule has 0 radical (unpaired) electrons. The van der Waals surface area contributed by atoms with Crippen LogP contribution in [0.4, 0.5) is 4.39 Å². The Bertz CT molecular complexity index is 735. The number of nitrogens with one attached hydrogen (secondary N) is 1. The molecule has 1 atom stereocenters. The number of hydrogen-bond acceptors (Lipinski definition) is 2. The molecule has 0 saturated heterocycles. The number of halogens is 2. The highest BCUT2D eigenvalue weighted by Gasteiger charge is 2.12. The Labute approximate surface area is 151 Å². The fraction of sp³-hybridized carbons (Fsp3) is 0.316. The monoisotopic (exact) mass is 365 g/mol. The molecule has 0 aromatic heterocycles. The first-order chi connectivity index (χ1) is 11.4. The number of thioether (sulfide) groups is 1. The van der Waals surface area contributed by atoms with Gasteiger partial charge >= 0.3 is 0 Å². The maximum absolute atomic E-state index is 13.7. The summed E-state index contributed by atoms with van der Waals surface area (Å²) in [6.45, 7) is 6.05. The van der Waals surface area contributed by atoms with Gasteiger partial charge in [0, 0.05) is 10.8 Å². The molecule has 1 N–H and O–H groups in total. The zero-order valence-electron chi connectivity index (χ0n) is 14.0. The van der Waals surface area contributed by atoms with E-state index in [4.69, 9.17) is 11.6 Å². The van der Waals surface area contributed by atoms with Crippen molar-refractivity contribution in [3.05, 3.63) is 69.5 Å². The van der Waals surface area contributed by atoms with Gasteiger partial charge in [-0.05, 0) is 49.6 Å². The van der Waals surface area contributed by atoms with E-state index < -0.39 is 0 Å². The number of benzene rings is 2. The van der Waals surface area contributed by atoms with Gasteiger partial charge in [-0.25, -0.2) is 4.39 Å². The minimum atomic E-state index is -0.334. The van der Waals surface area contributed by atoms with Crippen LogP contribution in [0.1, 0.15) is 35.2 Å². The smallest absolute Gasteiger partial charge is 0.230 e. The number of carbonyl (C=O) groups excluding carboxylic acids is 1.